The van der Waals surface area contributed by atoms with Gasteiger partial charge < -0.3 is 9.64 Å². The van der Waals surface area contributed by atoms with Crippen LogP contribution in [0, 0.1) is 5.92 Å². The van der Waals surface area contributed by atoms with E-state index in [-0.39, 0.29) is 5.92 Å². The summed E-state index contributed by atoms with van der Waals surface area (Å²) in [5, 5.41) is 0. The van der Waals surface area contributed by atoms with E-state index < -0.39 is 36.1 Å². The van der Waals surface area contributed by atoms with Crippen LogP contribution in [0.3, 0.4) is 0 Å². The summed E-state index contributed by atoms with van der Waals surface area (Å²) in [4.78, 5) is 24.7. The summed E-state index contributed by atoms with van der Waals surface area (Å²) in [6.07, 6.45) is -4.28. The Balaban J connectivity index is 2.84. The predicted octanol–water partition coefficient (Wildman–Crippen LogP) is 3.93. The van der Waals surface area contributed by atoms with Gasteiger partial charge in [-0.05, 0) is 39.5 Å². The van der Waals surface area contributed by atoms with Crippen molar-refractivity contribution in [3.63, 3.8) is 0 Å². The maximum absolute atomic E-state index is 12.5. The van der Waals surface area contributed by atoms with Crippen molar-refractivity contribution in [2.24, 2.45) is 5.92 Å². The van der Waals surface area contributed by atoms with Gasteiger partial charge in [-0.25, -0.2) is 4.79 Å². The van der Waals surface area contributed by atoms with E-state index in [4.69, 9.17) is 4.74 Å². The van der Waals surface area contributed by atoms with Crippen LogP contribution in [0.5, 0.6) is 0 Å². The maximum atomic E-state index is 12.5. The number of carbonyl (C=O) groups excluding carboxylic acids is 2. The van der Waals surface area contributed by atoms with Gasteiger partial charge in [0.2, 0.25) is 5.78 Å². The van der Waals surface area contributed by atoms with Crippen LogP contribution < -0.4 is 0 Å². The van der Waals surface area contributed by atoms with Gasteiger partial charge in [0.05, 0.1) is 0 Å². The highest BCUT2D eigenvalue weighted by atomic mass is 19.4. The molecule has 0 saturated carbocycles. The minimum atomic E-state index is -4.86. The normalized spacial score (nSPS) is 23.3. The molecule has 0 aliphatic carbocycles. The number of rotatable bonds is 3. The molecule has 0 aromatic rings. The van der Waals surface area contributed by atoms with Crippen molar-refractivity contribution < 1.29 is 27.5 Å². The molecule has 7 heteroatoms. The van der Waals surface area contributed by atoms with E-state index in [2.05, 4.69) is 0 Å². The fraction of sp³-hybridized carbons (Fsp3) is 0.867. The number of hydrogen-bond donors (Lipinski definition) is 0. The molecule has 1 fully saturated rings. The fourth-order valence-electron chi connectivity index (χ4n) is 2.59. The molecule has 0 bridgehead atoms. The molecule has 0 N–H and O–H groups in total. The zero-order valence-corrected chi connectivity index (χ0v) is 13.5. The van der Waals surface area contributed by atoms with E-state index in [0.29, 0.717) is 19.4 Å². The molecule has 1 aliphatic heterocycles. The summed E-state index contributed by atoms with van der Waals surface area (Å²) in [5.41, 5.74) is -0.725. The Kier molecular flexibility index (Phi) is 5.87. The van der Waals surface area contributed by atoms with Crippen LogP contribution in [0.1, 0.15) is 53.4 Å². The SMILES string of the molecule is CCC1CCN(C(=O)OC(C)(C)C)C(CC(=O)C(F)(F)F)C1. The quantitative estimate of drug-likeness (QED) is 0.790. The summed E-state index contributed by atoms with van der Waals surface area (Å²) in [5.74, 6) is -1.56. The van der Waals surface area contributed by atoms with Gasteiger partial charge in [-0.15, -0.1) is 0 Å². The summed E-state index contributed by atoms with van der Waals surface area (Å²) in [6, 6.07) is -0.748. The number of Topliss-reactive ketones (excluding diaryl/α,β-unsaturated/α-hetero) is 1. The Hall–Kier alpha value is -1.27. The monoisotopic (exact) mass is 323 g/mol. The molecular formula is C15H24F3NO3. The number of hydrogen-bond acceptors (Lipinski definition) is 3. The second-order valence-corrected chi connectivity index (χ2v) is 6.75. The molecule has 1 saturated heterocycles. The van der Waals surface area contributed by atoms with Gasteiger partial charge in [0.25, 0.3) is 0 Å². The number of piperidine rings is 1. The highest BCUT2D eigenvalue weighted by Crippen LogP contribution is 2.30. The second kappa shape index (κ2) is 6.87. The molecule has 2 unspecified atom stereocenters. The van der Waals surface area contributed by atoms with Gasteiger partial charge in [0, 0.05) is 19.0 Å². The summed E-state index contributed by atoms with van der Waals surface area (Å²) in [7, 11) is 0. The van der Waals surface area contributed by atoms with Crippen molar-refractivity contribution >= 4 is 11.9 Å². The Bertz CT molecular complexity index is 415. The van der Waals surface area contributed by atoms with Gasteiger partial charge >= 0.3 is 12.3 Å². The van der Waals surface area contributed by atoms with E-state index in [0.717, 1.165) is 6.42 Å². The standard InChI is InChI=1S/C15H24F3NO3/c1-5-10-6-7-19(13(21)22-14(2,3)4)11(8-10)9-12(20)15(16,17)18/h10-11H,5-9H2,1-4H3. The third-order valence-electron chi connectivity index (χ3n) is 3.77. The lowest BCUT2D eigenvalue weighted by molar-refractivity contribution is -0.172. The van der Waals surface area contributed by atoms with Crippen LogP contribution in [-0.4, -0.2) is 41.1 Å². The number of ketones is 1. The zero-order chi connectivity index (χ0) is 17.1. The molecule has 1 aliphatic rings. The van der Waals surface area contributed by atoms with Crippen molar-refractivity contribution in [1.29, 1.82) is 0 Å². The largest absolute Gasteiger partial charge is 0.450 e. The first-order valence-electron chi connectivity index (χ1n) is 7.53. The minimum absolute atomic E-state index is 0.227. The average Bonchev–Trinajstić information content (AvgIpc) is 2.35. The second-order valence-electron chi connectivity index (χ2n) is 6.75. The average molecular weight is 323 g/mol. The topological polar surface area (TPSA) is 46.6 Å². The molecule has 128 valence electrons. The summed E-state index contributed by atoms with van der Waals surface area (Å²) < 4.78 is 42.7. The Morgan fingerprint density at radius 3 is 2.27 bits per heavy atom. The van der Waals surface area contributed by atoms with Gasteiger partial charge in [0.1, 0.15) is 5.60 Å². The van der Waals surface area contributed by atoms with Gasteiger partial charge in [-0.2, -0.15) is 13.2 Å². The molecular weight excluding hydrogens is 299 g/mol. The van der Waals surface area contributed by atoms with E-state index >= 15 is 0 Å². The number of likely N-dealkylation sites (tertiary alicyclic amines) is 1. The highest BCUT2D eigenvalue weighted by Gasteiger charge is 2.43. The van der Waals surface area contributed by atoms with Gasteiger partial charge in [0.15, 0.2) is 0 Å². The lowest BCUT2D eigenvalue weighted by Gasteiger charge is -2.39. The number of ether oxygens (including phenoxy) is 1. The molecule has 0 spiro atoms. The van der Waals surface area contributed by atoms with Crippen LogP contribution in [0.15, 0.2) is 0 Å². The molecule has 0 aromatic heterocycles. The molecule has 4 nitrogen and oxygen atoms in total. The number of halogens is 3. The number of amides is 1. The zero-order valence-electron chi connectivity index (χ0n) is 13.5. The fourth-order valence-corrected chi connectivity index (χ4v) is 2.59. The lowest BCUT2D eigenvalue weighted by atomic mass is 9.87. The maximum Gasteiger partial charge on any atom is 0.450 e. The first kappa shape index (κ1) is 18.8. The summed E-state index contributed by atoms with van der Waals surface area (Å²) >= 11 is 0. The smallest absolute Gasteiger partial charge is 0.444 e. The molecule has 1 amide bonds. The van der Waals surface area contributed by atoms with Crippen molar-refractivity contribution in [2.75, 3.05) is 6.54 Å². The predicted molar refractivity (Wildman–Crippen MR) is 75.4 cm³/mol. The lowest BCUT2D eigenvalue weighted by Crippen LogP contribution is -2.49. The van der Waals surface area contributed by atoms with Gasteiger partial charge in [-0.1, -0.05) is 13.3 Å². The van der Waals surface area contributed by atoms with E-state index in [1.54, 1.807) is 20.8 Å². The van der Waals surface area contributed by atoms with Crippen molar-refractivity contribution in [2.45, 2.75) is 71.2 Å². The number of alkyl halides is 3. The van der Waals surface area contributed by atoms with Gasteiger partial charge in [-0.3, -0.25) is 4.79 Å². The number of carbonyl (C=O) groups is 2. The van der Waals surface area contributed by atoms with E-state index in [9.17, 15) is 22.8 Å². The number of nitrogens with zero attached hydrogens (tertiary/aromatic N) is 1. The van der Waals surface area contributed by atoms with Crippen LogP contribution in [0.4, 0.5) is 18.0 Å². The van der Waals surface area contributed by atoms with Crippen molar-refractivity contribution in [3.8, 4) is 0 Å². The Morgan fingerprint density at radius 1 is 1.23 bits per heavy atom. The molecule has 0 radical (unpaired) electrons. The van der Waals surface area contributed by atoms with Crippen LogP contribution >= 0.6 is 0 Å². The van der Waals surface area contributed by atoms with E-state index in [1.165, 1.54) is 4.90 Å². The Labute approximate surface area is 129 Å². The van der Waals surface area contributed by atoms with Crippen LogP contribution in [-0.2, 0) is 9.53 Å². The molecule has 1 heterocycles. The van der Waals surface area contributed by atoms with E-state index in [1.807, 2.05) is 6.92 Å². The first-order chi connectivity index (χ1) is 9.94. The third-order valence-corrected chi connectivity index (χ3v) is 3.77. The first-order valence-corrected chi connectivity index (χ1v) is 7.53. The van der Waals surface area contributed by atoms with Crippen molar-refractivity contribution in [1.82, 2.24) is 4.90 Å². The van der Waals surface area contributed by atoms with Crippen LogP contribution in [0.2, 0.25) is 0 Å². The third kappa shape index (κ3) is 5.50. The molecule has 1 rings (SSSR count). The minimum Gasteiger partial charge on any atom is -0.444 e. The van der Waals surface area contributed by atoms with Crippen molar-refractivity contribution in [3.05, 3.63) is 0 Å². The highest BCUT2D eigenvalue weighted by molar-refractivity contribution is 5.85. The molecule has 22 heavy (non-hydrogen) atoms. The molecule has 2 atom stereocenters. The Morgan fingerprint density at radius 2 is 1.82 bits per heavy atom. The molecule has 0 aromatic carbocycles. The van der Waals surface area contributed by atoms with Crippen LogP contribution in [0.25, 0.3) is 0 Å². The summed E-state index contributed by atoms with van der Waals surface area (Å²) in [6.45, 7) is 7.36.